The first-order chi connectivity index (χ1) is 70.1. The number of hydrogen-bond acceptors (Lipinski definition) is 28. The molecule has 14 rings (SSSR count). The summed E-state index contributed by atoms with van der Waals surface area (Å²) in [4.78, 5) is 99.0. The zero-order valence-electron chi connectivity index (χ0n) is 80.0. The van der Waals surface area contributed by atoms with Crippen LogP contribution in [0.2, 0.25) is 0 Å². The molecular formula is C114H102O28Se2. The van der Waals surface area contributed by atoms with E-state index in [1.54, 1.807) is 218 Å². The Morgan fingerprint density at radius 3 is 0.361 bits per heavy atom. The van der Waals surface area contributed by atoms with Gasteiger partial charge in [-0.25, -0.2) is 38.4 Å². The monoisotopic (exact) mass is 2080 g/mol. The molecule has 0 heterocycles. The maximum Gasteiger partial charge on any atom is -0.0473 e. The van der Waals surface area contributed by atoms with Crippen LogP contribution >= 0.6 is 0 Å². The molecule has 0 saturated heterocycles. The van der Waals surface area contributed by atoms with Crippen LogP contribution < -0.4 is 56.8 Å². The van der Waals surface area contributed by atoms with E-state index in [0.29, 0.717) is 146 Å². The van der Waals surface area contributed by atoms with Gasteiger partial charge in [0.25, 0.3) is 0 Å². The molecule has 144 heavy (non-hydrogen) atoms. The van der Waals surface area contributed by atoms with Gasteiger partial charge in [-0.1, -0.05) is 97.1 Å². The molecule has 0 radical (unpaired) electrons. The molecular weight excluding hydrogens is 1980 g/mol. The molecule has 0 spiro atoms. The Hall–Kier alpha value is -16.5. The molecule has 0 fully saturated rings. The number of carbonyl (C=O) groups excluding carboxylic acids is 8. The molecule has 0 aliphatic carbocycles. The summed E-state index contributed by atoms with van der Waals surface area (Å²) in [6.45, 7) is 1.23. The Morgan fingerprint density at radius 2 is 0.250 bits per heavy atom. The van der Waals surface area contributed by atoms with Crippen LogP contribution in [0.3, 0.4) is 0 Å². The van der Waals surface area contributed by atoms with Gasteiger partial charge in [-0.15, -0.1) is 0 Å². The average molecular weight is 2080 g/mol. The molecule has 28 nitrogen and oxygen atoms in total. The molecule has 0 atom stereocenters. The second kappa shape index (κ2) is 52.1. The Bertz CT molecular complexity index is 5630. The molecule has 0 saturated carbocycles. The predicted molar refractivity (Wildman–Crippen MR) is 532 cm³/mol. The second-order valence-corrected chi connectivity index (χ2v) is 39.7. The van der Waals surface area contributed by atoms with E-state index in [4.69, 9.17) is 94.7 Å². The van der Waals surface area contributed by atoms with Crippen LogP contribution in [0.15, 0.2) is 303 Å². The topological polar surface area (TPSA) is 321 Å². The summed E-state index contributed by atoms with van der Waals surface area (Å²) in [5, 5.41) is 1.26. The van der Waals surface area contributed by atoms with Gasteiger partial charge in [-0.05, 0) is 97.1 Å². The Labute approximate surface area is 843 Å². The van der Waals surface area contributed by atoms with Crippen molar-refractivity contribution in [1.29, 1.82) is 0 Å². The number of benzene rings is 14. The van der Waals surface area contributed by atoms with Crippen LogP contribution in [0.5, 0.6) is 69.0 Å². The second-order valence-electron chi connectivity index (χ2n) is 32.4. The summed E-state index contributed by atoms with van der Waals surface area (Å²) in [6, 6.07) is 89.0. The third kappa shape index (κ3) is 31.0. The van der Waals surface area contributed by atoms with Crippen molar-refractivity contribution in [2.45, 2.75) is 89.9 Å². The fraction of sp³-hybridized carbons (Fsp3) is 0.193. The van der Waals surface area contributed by atoms with E-state index < -0.39 is 47.8 Å². The molecule has 0 N–H and O–H groups in total. The van der Waals surface area contributed by atoms with Gasteiger partial charge in [0.1, 0.15) is 0 Å². The third-order valence-corrected chi connectivity index (χ3v) is 28.7. The summed E-state index contributed by atoms with van der Waals surface area (Å²) < 4.78 is 118. The van der Waals surface area contributed by atoms with Gasteiger partial charge >= 0.3 is 477 Å². The van der Waals surface area contributed by atoms with Gasteiger partial charge in [0.2, 0.25) is 0 Å². The summed E-state index contributed by atoms with van der Waals surface area (Å²) in [6.07, 6.45) is 0. The zero-order valence-corrected chi connectivity index (χ0v) is 83.4. The molecule has 0 aliphatic heterocycles. The molecule has 14 aromatic carbocycles. The van der Waals surface area contributed by atoms with E-state index in [2.05, 4.69) is 0 Å². The number of carbonyl (C=O) groups is 8. The maximum absolute atomic E-state index is 12.4. The van der Waals surface area contributed by atoms with Crippen molar-refractivity contribution in [2.24, 2.45) is 0 Å². The van der Waals surface area contributed by atoms with E-state index in [0.717, 1.165) is 55.6 Å². The van der Waals surface area contributed by atoms with Gasteiger partial charge in [0, 0.05) is 0 Å². The normalized spacial score (nSPS) is 10.8. The molecule has 0 bridgehead atoms. The van der Waals surface area contributed by atoms with E-state index in [1.165, 1.54) is 56.9 Å². The Kier molecular flexibility index (Phi) is 37.4. The van der Waals surface area contributed by atoms with Gasteiger partial charge in [-0.2, -0.15) is 0 Å². The largest absolute Gasteiger partial charge is 0.0548 e. The van der Waals surface area contributed by atoms with Crippen molar-refractivity contribution in [1.82, 2.24) is 0 Å². The molecule has 0 amide bonds. The van der Waals surface area contributed by atoms with Gasteiger partial charge in [0.15, 0.2) is 0 Å². The molecule has 14 aromatic rings. The molecule has 30 heteroatoms. The number of rotatable bonds is 49. The molecule has 738 valence electrons. The maximum atomic E-state index is 12.4. The summed E-state index contributed by atoms with van der Waals surface area (Å²) in [5.41, 5.74) is 14.0. The van der Waals surface area contributed by atoms with E-state index >= 15 is 0 Å². The van der Waals surface area contributed by atoms with Crippen molar-refractivity contribution < 1.29 is 133 Å². The van der Waals surface area contributed by atoms with Crippen LogP contribution in [0.25, 0.3) is 0 Å². The summed E-state index contributed by atoms with van der Waals surface area (Å²) >= 11 is -0.0787. The number of methoxy groups -OCH3 is 8. The molecule has 0 unspecified atom stereocenters. The van der Waals surface area contributed by atoms with Crippen molar-refractivity contribution in [3.63, 3.8) is 0 Å². The smallest absolute Gasteiger partial charge is 0.0473 e. The van der Waals surface area contributed by atoms with Crippen LogP contribution in [0.1, 0.15) is 161 Å². The standard InChI is InChI=1S/C114H102O28Se2/c1-123-107(115)87-25-9-73(10-26-87)59-131-95-41-81(42-96(53-95)132-60-74-11-27-88(28-12-74)108(116)124-2)67-139-103-49-85(50-104(57-103)140-68-82-43-97(133-61-75-13-29-89(30-14-75)109(117)125-3)54-98(44-82)134-62-76-15-31-90(32-16-76)110(118)126-4)71-143-144-72-86-51-105(141-69-83-45-99(135-63-77-17-33-91(34-18-77)111(119)127-5)55-100(46-83)136-64-78-19-35-92(36-20-78)112(120)128-6)58-106(52-86)142-70-84-47-101(137-65-79-21-37-93(38-22-79)113(121)129-7)56-102(48-84)138-66-80-23-39-94(40-24-80)114(122)130-8/h9-58H,59-72H2,1-8H3. The van der Waals surface area contributed by atoms with E-state index in [-0.39, 0.29) is 106 Å². The first-order valence-corrected chi connectivity index (χ1v) is 51.9. The average Bonchev–Trinajstić information content (AvgIpc) is 0.833. The zero-order chi connectivity index (χ0) is 101. The SMILES string of the molecule is COC(=O)c1ccc(COc2cc(COc3cc(C[Se][Se]Cc4cc(OCc5cc(OCc6ccc(C(=O)OC)cc6)cc(OCc6ccc(C(=O)OC)cc6)c5)cc(OCc5cc(OCc6ccc(C(=O)OC)cc6)cc(OCc6ccc(C(=O)OC)cc6)c5)c4)cc(OCc4cc(OCc5ccc(C(=O)OC)cc5)cc(OCc5ccc(C(=O)OC)cc5)c4)c3)cc(OCc3ccc(C(=O)OC)cc3)c2)cc1. The van der Waals surface area contributed by atoms with Crippen LogP contribution in [-0.2, 0) is 128 Å². The summed E-state index contributed by atoms with van der Waals surface area (Å²) in [7, 11) is 10.6. The van der Waals surface area contributed by atoms with Gasteiger partial charge in [-0.3, -0.25) is 0 Å². The quantitative estimate of drug-likeness (QED) is 0.0148. The minimum absolute atomic E-state index is 0.0340. The van der Waals surface area contributed by atoms with Crippen LogP contribution in [0, 0.1) is 0 Å². The van der Waals surface area contributed by atoms with Crippen molar-refractivity contribution in [3.8, 4) is 69.0 Å². The van der Waals surface area contributed by atoms with Gasteiger partial charge < -0.3 is 37.9 Å². The van der Waals surface area contributed by atoms with Crippen molar-refractivity contribution in [3.05, 3.63) is 426 Å². The minimum atomic E-state index is -0.467. The van der Waals surface area contributed by atoms with Gasteiger partial charge in [0.05, 0.1) is 101 Å². The van der Waals surface area contributed by atoms with Crippen LogP contribution in [0.4, 0.5) is 0 Å². The number of hydrogen-bond donors (Lipinski definition) is 0. The molecule has 0 aliphatic rings. The predicted octanol–water partition coefficient (Wildman–Crippen LogP) is 20.0. The molecule has 0 aromatic heterocycles. The van der Waals surface area contributed by atoms with Crippen molar-refractivity contribution in [2.75, 3.05) is 56.9 Å². The number of esters is 8. The minimum Gasteiger partial charge on any atom is -0.0548 e. The fourth-order valence-corrected chi connectivity index (χ4v) is 20.7. The Morgan fingerprint density at radius 1 is 0.146 bits per heavy atom. The number of ether oxygens (including phenoxy) is 20. The van der Waals surface area contributed by atoms with Crippen molar-refractivity contribution >= 4 is 74.0 Å². The fourth-order valence-electron chi connectivity index (χ4n) is 14.3. The first-order valence-electron chi connectivity index (χ1n) is 45.1. The van der Waals surface area contributed by atoms with E-state index in [1.807, 2.05) is 84.9 Å². The summed E-state index contributed by atoms with van der Waals surface area (Å²) in [5.74, 6) is 1.95. The Balaban J connectivity index is 0.769. The van der Waals surface area contributed by atoms with E-state index in [9.17, 15) is 38.4 Å². The van der Waals surface area contributed by atoms with Crippen LogP contribution in [-0.4, -0.2) is 131 Å². The first kappa shape index (κ1) is 103. The third-order valence-electron chi connectivity index (χ3n) is 22.0.